The number of nitrogens with one attached hydrogen (secondary N) is 1. The molecular weight excluding hydrogens is 298 g/mol. The number of aromatic nitrogens is 1. The van der Waals surface area contributed by atoms with Gasteiger partial charge in [0.15, 0.2) is 0 Å². The van der Waals surface area contributed by atoms with Gasteiger partial charge in [0.2, 0.25) is 10.0 Å². The monoisotopic (exact) mass is 319 g/mol. The highest BCUT2D eigenvalue weighted by atomic mass is 32.2. The maximum absolute atomic E-state index is 12.9. The third kappa shape index (κ3) is 2.74. The zero-order valence-corrected chi connectivity index (χ0v) is 13.7. The van der Waals surface area contributed by atoms with E-state index in [-0.39, 0.29) is 0 Å². The van der Waals surface area contributed by atoms with Crippen LogP contribution in [0.15, 0.2) is 35.4 Å². The van der Waals surface area contributed by atoms with Crippen molar-refractivity contribution in [2.45, 2.75) is 18.2 Å². The Labute approximate surface area is 131 Å². The molecule has 22 heavy (non-hydrogen) atoms. The van der Waals surface area contributed by atoms with Gasteiger partial charge >= 0.3 is 0 Å². The number of pyridine rings is 1. The highest BCUT2D eigenvalue weighted by Gasteiger charge is 2.33. The van der Waals surface area contributed by atoms with E-state index in [1.807, 2.05) is 26.1 Å². The number of fused-ring (bicyclic) bond motifs is 1. The second-order valence-corrected chi connectivity index (χ2v) is 7.82. The van der Waals surface area contributed by atoms with Crippen LogP contribution in [0.3, 0.4) is 0 Å². The van der Waals surface area contributed by atoms with Crippen molar-refractivity contribution in [3.63, 3.8) is 0 Å². The maximum atomic E-state index is 12.9. The van der Waals surface area contributed by atoms with E-state index in [2.05, 4.69) is 10.3 Å². The number of aryl methyl sites for hydroxylation is 1. The van der Waals surface area contributed by atoms with E-state index in [1.165, 1.54) is 0 Å². The molecule has 1 saturated heterocycles. The molecule has 0 radical (unpaired) electrons. The van der Waals surface area contributed by atoms with Crippen LogP contribution >= 0.6 is 0 Å². The van der Waals surface area contributed by atoms with E-state index in [0.29, 0.717) is 29.4 Å². The lowest BCUT2D eigenvalue weighted by Crippen LogP contribution is -2.30. The van der Waals surface area contributed by atoms with Crippen LogP contribution < -0.4 is 5.32 Å². The quantitative estimate of drug-likeness (QED) is 0.933. The molecule has 0 unspecified atom stereocenters. The molecule has 0 amide bonds. The highest BCUT2D eigenvalue weighted by Crippen LogP contribution is 2.28. The molecule has 1 aliphatic heterocycles. The van der Waals surface area contributed by atoms with Crippen LogP contribution in [-0.4, -0.2) is 44.4 Å². The van der Waals surface area contributed by atoms with Gasteiger partial charge in [-0.2, -0.15) is 4.31 Å². The fraction of sp³-hybridized carbons (Fsp3) is 0.438. The first kappa shape index (κ1) is 15.4. The molecule has 0 bridgehead atoms. The Morgan fingerprint density at radius 2 is 2.23 bits per heavy atom. The predicted molar refractivity (Wildman–Crippen MR) is 87.3 cm³/mol. The van der Waals surface area contributed by atoms with Crippen LogP contribution in [0.25, 0.3) is 10.9 Å². The van der Waals surface area contributed by atoms with Gasteiger partial charge in [-0.1, -0.05) is 12.1 Å². The largest absolute Gasteiger partial charge is 0.319 e. The second kappa shape index (κ2) is 5.95. The zero-order chi connectivity index (χ0) is 15.7. The Kier molecular flexibility index (Phi) is 4.16. The molecule has 5 nitrogen and oxygen atoms in total. The van der Waals surface area contributed by atoms with Gasteiger partial charge in [0.1, 0.15) is 4.90 Å². The molecule has 0 spiro atoms. The number of sulfonamides is 1. The summed E-state index contributed by atoms with van der Waals surface area (Å²) in [4.78, 5) is 4.67. The lowest BCUT2D eigenvalue weighted by atomic mass is 10.1. The molecule has 1 aliphatic rings. The third-order valence-corrected chi connectivity index (χ3v) is 6.07. The Hall–Kier alpha value is -1.50. The fourth-order valence-corrected chi connectivity index (χ4v) is 4.76. The number of hydrogen-bond donors (Lipinski definition) is 1. The molecule has 0 saturated carbocycles. The Balaban J connectivity index is 2.00. The van der Waals surface area contributed by atoms with Crippen LogP contribution in [0, 0.1) is 12.8 Å². The molecule has 1 aromatic heterocycles. The van der Waals surface area contributed by atoms with Crippen LogP contribution in [-0.2, 0) is 10.0 Å². The van der Waals surface area contributed by atoms with Gasteiger partial charge in [0.25, 0.3) is 0 Å². The highest BCUT2D eigenvalue weighted by molar-refractivity contribution is 7.89. The van der Waals surface area contributed by atoms with Gasteiger partial charge in [0, 0.05) is 24.7 Å². The summed E-state index contributed by atoms with van der Waals surface area (Å²) in [7, 11) is -1.59. The summed E-state index contributed by atoms with van der Waals surface area (Å²) in [6.45, 7) is 3.96. The average molecular weight is 319 g/mol. The van der Waals surface area contributed by atoms with Crippen LogP contribution in [0.4, 0.5) is 0 Å². The summed E-state index contributed by atoms with van der Waals surface area (Å²) in [6, 6.07) is 7.32. The zero-order valence-electron chi connectivity index (χ0n) is 12.9. The molecule has 1 fully saturated rings. The molecule has 1 aromatic carbocycles. The Bertz CT molecular complexity index is 789. The molecule has 0 aliphatic carbocycles. The van der Waals surface area contributed by atoms with Crippen molar-refractivity contribution < 1.29 is 8.42 Å². The number of para-hydroxylation sites is 1. The minimum atomic E-state index is -3.49. The predicted octanol–water partition coefficient (Wildman–Crippen LogP) is 1.77. The SMILES string of the molecule is CNC[C@H]1CCN(S(=O)(=O)c2cccc3cc(C)cnc23)C1. The van der Waals surface area contributed by atoms with Crippen molar-refractivity contribution in [1.29, 1.82) is 0 Å². The van der Waals surface area contributed by atoms with Crippen LogP contribution in [0.2, 0.25) is 0 Å². The number of nitrogens with zero attached hydrogens (tertiary/aromatic N) is 2. The molecule has 3 rings (SSSR count). The van der Waals surface area contributed by atoms with E-state index in [9.17, 15) is 8.42 Å². The van der Waals surface area contributed by atoms with Gasteiger partial charge in [-0.05, 0) is 50.6 Å². The summed E-state index contributed by atoms with van der Waals surface area (Å²) in [5.41, 5.74) is 1.59. The second-order valence-electron chi connectivity index (χ2n) is 5.92. The van der Waals surface area contributed by atoms with Crippen molar-refractivity contribution in [3.05, 3.63) is 36.0 Å². The summed E-state index contributed by atoms with van der Waals surface area (Å²) >= 11 is 0. The summed E-state index contributed by atoms with van der Waals surface area (Å²) in [6.07, 6.45) is 2.62. The van der Waals surface area contributed by atoms with E-state index in [0.717, 1.165) is 23.9 Å². The van der Waals surface area contributed by atoms with Crippen LogP contribution in [0.1, 0.15) is 12.0 Å². The molecule has 1 N–H and O–H groups in total. The molecule has 118 valence electrons. The minimum Gasteiger partial charge on any atom is -0.319 e. The Morgan fingerprint density at radius 3 is 3.00 bits per heavy atom. The lowest BCUT2D eigenvalue weighted by molar-refractivity contribution is 0.451. The Morgan fingerprint density at radius 1 is 1.41 bits per heavy atom. The minimum absolute atomic E-state index is 0.315. The van der Waals surface area contributed by atoms with Gasteiger partial charge in [-0.25, -0.2) is 8.42 Å². The molecular formula is C16H21N3O2S. The molecule has 2 aromatic rings. The van der Waals surface area contributed by atoms with Crippen molar-refractivity contribution in [1.82, 2.24) is 14.6 Å². The summed E-state index contributed by atoms with van der Waals surface area (Å²) < 4.78 is 27.5. The van der Waals surface area contributed by atoms with Gasteiger partial charge in [-0.15, -0.1) is 0 Å². The van der Waals surface area contributed by atoms with E-state index >= 15 is 0 Å². The van der Waals surface area contributed by atoms with E-state index in [4.69, 9.17) is 0 Å². The van der Waals surface area contributed by atoms with Gasteiger partial charge in [-0.3, -0.25) is 4.98 Å². The number of benzene rings is 1. The summed E-state index contributed by atoms with van der Waals surface area (Å²) in [5.74, 6) is 0.380. The topological polar surface area (TPSA) is 62.3 Å². The van der Waals surface area contributed by atoms with E-state index < -0.39 is 10.0 Å². The molecule has 2 heterocycles. The first-order chi connectivity index (χ1) is 10.5. The van der Waals surface area contributed by atoms with Crippen molar-refractivity contribution >= 4 is 20.9 Å². The van der Waals surface area contributed by atoms with Crippen molar-refractivity contribution in [2.75, 3.05) is 26.7 Å². The third-order valence-electron chi connectivity index (χ3n) is 4.17. The smallest absolute Gasteiger partial charge is 0.245 e. The maximum Gasteiger partial charge on any atom is 0.245 e. The average Bonchev–Trinajstić information content (AvgIpc) is 2.96. The van der Waals surface area contributed by atoms with Crippen molar-refractivity contribution in [2.24, 2.45) is 5.92 Å². The lowest BCUT2D eigenvalue weighted by Gasteiger charge is -2.17. The van der Waals surface area contributed by atoms with Crippen molar-refractivity contribution in [3.8, 4) is 0 Å². The van der Waals surface area contributed by atoms with E-state index in [1.54, 1.807) is 22.6 Å². The fourth-order valence-electron chi connectivity index (χ4n) is 3.06. The molecule has 6 heteroatoms. The first-order valence-electron chi connectivity index (χ1n) is 7.52. The first-order valence-corrected chi connectivity index (χ1v) is 8.96. The molecule has 1 atom stereocenters. The normalized spacial score (nSPS) is 19.8. The van der Waals surface area contributed by atoms with Gasteiger partial charge < -0.3 is 5.32 Å². The van der Waals surface area contributed by atoms with Crippen LogP contribution in [0.5, 0.6) is 0 Å². The number of hydrogen-bond acceptors (Lipinski definition) is 4. The van der Waals surface area contributed by atoms with Gasteiger partial charge in [0.05, 0.1) is 5.52 Å². The summed E-state index contributed by atoms with van der Waals surface area (Å²) in [5, 5.41) is 3.99. The standard InChI is InChI=1S/C16H21N3O2S/c1-12-8-14-4-3-5-15(16(14)18-9-12)22(20,21)19-7-6-13(11-19)10-17-2/h3-5,8-9,13,17H,6-7,10-11H2,1-2H3/t13-/m1/s1. The number of rotatable bonds is 4.